The van der Waals surface area contributed by atoms with Crippen LogP contribution < -0.4 is 10.6 Å². The lowest BCUT2D eigenvalue weighted by molar-refractivity contribution is -0.137. The van der Waals surface area contributed by atoms with Gasteiger partial charge >= 0.3 is 5.97 Å². The van der Waals surface area contributed by atoms with Crippen LogP contribution in [0.25, 0.3) is 0 Å². The smallest absolute Gasteiger partial charge is 0.305 e. The van der Waals surface area contributed by atoms with E-state index in [1.807, 2.05) is 18.2 Å². The topological polar surface area (TPSA) is 109 Å². The van der Waals surface area contributed by atoms with Crippen LogP contribution in [-0.2, 0) is 29.6 Å². The fourth-order valence-corrected chi connectivity index (χ4v) is 4.96. The number of pyridine rings is 1. The Bertz CT molecular complexity index is 1280. The fourth-order valence-electron chi connectivity index (χ4n) is 4.45. The van der Waals surface area contributed by atoms with Gasteiger partial charge in [0.05, 0.1) is 24.2 Å². The minimum atomic E-state index is -0.982. The van der Waals surface area contributed by atoms with Gasteiger partial charge in [-0.25, -0.2) is 4.98 Å². The summed E-state index contributed by atoms with van der Waals surface area (Å²) in [5, 5.41) is 20.1. The first kappa shape index (κ1) is 26.9. The molecule has 0 saturated carbocycles. The van der Waals surface area contributed by atoms with E-state index in [1.54, 1.807) is 10.9 Å². The SMILES string of the molecule is CC(C)(C)c1cc(Br)cc(C(CC(=O)O)NC(=O)c2cnn(CCCc3ccc4c(n3)NCCC4)c2)c1. The monoisotopic (exact) mass is 567 g/mol. The van der Waals surface area contributed by atoms with Crippen LogP contribution in [0.2, 0.25) is 0 Å². The maximum absolute atomic E-state index is 13.0. The molecule has 8 nitrogen and oxygen atoms in total. The Hall–Kier alpha value is -3.20. The summed E-state index contributed by atoms with van der Waals surface area (Å²) in [5.41, 5.74) is 4.39. The van der Waals surface area contributed by atoms with Crippen molar-refractivity contribution >= 4 is 33.6 Å². The normalized spacial score (nSPS) is 13.9. The Balaban J connectivity index is 1.39. The number of benzene rings is 1. The van der Waals surface area contributed by atoms with E-state index in [4.69, 9.17) is 4.98 Å². The molecule has 9 heteroatoms. The number of carbonyl (C=O) groups excluding carboxylic acids is 1. The highest BCUT2D eigenvalue weighted by Crippen LogP contribution is 2.30. The third-order valence-electron chi connectivity index (χ3n) is 6.54. The first-order valence-corrected chi connectivity index (χ1v) is 13.5. The molecule has 37 heavy (non-hydrogen) atoms. The van der Waals surface area contributed by atoms with Gasteiger partial charge in [-0.2, -0.15) is 5.10 Å². The predicted octanol–water partition coefficient (Wildman–Crippen LogP) is 5.27. The lowest BCUT2D eigenvalue weighted by atomic mass is 9.85. The van der Waals surface area contributed by atoms with E-state index in [0.29, 0.717) is 12.1 Å². The molecule has 1 aromatic carbocycles. The van der Waals surface area contributed by atoms with Crippen molar-refractivity contribution in [2.75, 3.05) is 11.9 Å². The summed E-state index contributed by atoms with van der Waals surface area (Å²) < 4.78 is 2.59. The fraction of sp³-hybridized carbons (Fsp3) is 0.429. The van der Waals surface area contributed by atoms with Gasteiger partial charge in [-0.1, -0.05) is 48.8 Å². The number of anilines is 1. The number of rotatable bonds is 9. The Morgan fingerprint density at radius 3 is 2.81 bits per heavy atom. The van der Waals surface area contributed by atoms with Crippen LogP contribution in [-0.4, -0.2) is 38.3 Å². The van der Waals surface area contributed by atoms with Crippen molar-refractivity contribution in [3.63, 3.8) is 0 Å². The van der Waals surface area contributed by atoms with Crippen LogP contribution in [0.4, 0.5) is 5.82 Å². The van der Waals surface area contributed by atoms with Crippen molar-refractivity contribution in [3.8, 4) is 0 Å². The maximum Gasteiger partial charge on any atom is 0.305 e. The van der Waals surface area contributed by atoms with E-state index in [1.165, 1.54) is 11.8 Å². The number of hydrogen-bond acceptors (Lipinski definition) is 5. The molecule has 0 bridgehead atoms. The van der Waals surface area contributed by atoms with E-state index < -0.39 is 12.0 Å². The molecule has 3 heterocycles. The number of aliphatic carboxylic acids is 1. The Morgan fingerprint density at radius 1 is 1.24 bits per heavy atom. The Kier molecular flexibility index (Phi) is 8.32. The molecule has 2 aromatic heterocycles. The molecule has 1 amide bonds. The van der Waals surface area contributed by atoms with Crippen molar-refractivity contribution in [2.45, 2.75) is 70.9 Å². The summed E-state index contributed by atoms with van der Waals surface area (Å²) >= 11 is 3.53. The zero-order valence-corrected chi connectivity index (χ0v) is 23.1. The molecule has 1 aliphatic rings. The number of carboxylic acid groups (broad SMARTS) is 1. The van der Waals surface area contributed by atoms with Crippen LogP contribution in [0, 0.1) is 0 Å². The van der Waals surface area contributed by atoms with Gasteiger partial charge < -0.3 is 15.7 Å². The molecule has 3 aromatic rings. The molecule has 0 aliphatic carbocycles. The van der Waals surface area contributed by atoms with Crippen LogP contribution >= 0.6 is 15.9 Å². The van der Waals surface area contributed by atoms with Crippen LogP contribution in [0.3, 0.4) is 0 Å². The van der Waals surface area contributed by atoms with Crippen LogP contribution in [0.1, 0.15) is 78.8 Å². The van der Waals surface area contributed by atoms with Gasteiger partial charge in [-0.15, -0.1) is 0 Å². The third-order valence-corrected chi connectivity index (χ3v) is 7.00. The number of amides is 1. The average Bonchev–Trinajstić information content (AvgIpc) is 3.31. The zero-order valence-electron chi connectivity index (χ0n) is 21.6. The second-order valence-corrected chi connectivity index (χ2v) is 11.5. The predicted molar refractivity (Wildman–Crippen MR) is 147 cm³/mol. The number of halogens is 1. The first-order valence-electron chi connectivity index (χ1n) is 12.7. The molecule has 0 spiro atoms. The Labute approximate surface area is 226 Å². The standard InChI is InChI=1S/C28H34BrN5O3/c1-28(2,3)21-12-19(13-22(29)14-21)24(15-25(35)36)33-27(37)20-16-31-34(17-20)11-5-7-23-9-8-18-6-4-10-30-26(18)32-23/h8-9,12-14,16-17,24H,4-7,10-11,15H2,1-3H3,(H,30,32)(H,33,37)(H,35,36). The van der Waals surface area contributed by atoms with Gasteiger partial charge in [-0.3, -0.25) is 14.3 Å². The molecule has 1 aliphatic heterocycles. The second kappa shape index (κ2) is 11.5. The summed E-state index contributed by atoms with van der Waals surface area (Å²) in [6.07, 6.45) is 6.87. The number of carbonyl (C=O) groups is 2. The maximum atomic E-state index is 13.0. The molecule has 196 valence electrons. The third kappa shape index (κ3) is 7.19. The van der Waals surface area contributed by atoms with Gasteiger partial charge in [0.15, 0.2) is 0 Å². The molecule has 1 unspecified atom stereocenters. The van der Waals surface area contributed by atoms with E-state index in [2.05, 4.69) is 64.6 Å². The number of aryl methyl sites for hydroxylation is 3. The molecular weight excluding hydrogens is 534 g/mol. The quantitative estimate of drug-likeness (QED) is 0.324. The largest absolute Gasteiger partial charge is 0.481 e. The average molecular weight is 569 g/mol. The lowest BCUT2D eigenvalue weighted by Crippen LogP contribution is -2.30. The molecule has 0 saturated heterocycles. The van der Waals surface area contributed by atoms with E-state index in [-0.39, 0.29) is 17.7 Å². The molecule has 1 atom stereocenters. The number of nitrogens with zero attached hydrogens (tertiary/aromatic N) is 3. The van der Waals surface area contributed by atoms with Crippen molar-refractivity contribution in [1.29, 1.82) is 0 Å². The molecule has 3 N–H and O–H groups in total. The van der Waals surface area contributed by atoms with Gasteiger partial charge in [0.1, 0.15) is 5.82 Å². The minimum absolute atomic E-state index is 0.122. The van der Waals surface area contributed by atoms with Gasteiger partial charge in [-0.05, 0) is 66.0 Å². The summed E-state index contributed by atoms with van der Waals surface area (Å²) in [4.78, 5) is 29.4. The number of nitrogens with one attached hydrogen (secondary N) is 2. The van der Waals surface area contributed by atoms with Gasteiger partial charge in [0.2, 0.25) is 0 Å². The van der Waals surface area contributed by atoms with Gasteiger partial charge in [0, 0.05) is 29.5 Å². The zero-order chi connectivity index (χ0) is 26.6. The highest BCUT2D eigenvalue weighted by atomic mass is 79.9. The Morgan fingerprint density at radius 2 is 2.05 bits per heavy atom. The first-order chi connectivity index (χ1) is 17.6. The number of fused-ring (bicyclic) bond motifs is 1. The number of hydrogen-bond donors (Lipinski definition) is 3. The van der Waals surface area contributed by atoms with Crippen molar-refractivity contribution in [2.24, 2.45) is 0 Å². The molecule has 0 radical (unpaired) electrons. The molecular formula is C28H34BrN5O3. The summed E-state index contributed by atoms with van der Waals surface area (Å²) in [6.45, 7) is 7.90. The minimum Gasteiger partial charge on any atom is -0.481 e. The lowest BCUT2D eigenvalue weighted by Gasteiger charge is -2.23. The number of aromatic nitrogens is 3. The second-order valence-electron chi connectivity index (χ2n) is 10.6. The van der Waals surface area contributed by atoms with Crippen LogP contribution in [0.5, 0.6) is 0 Å². The van der Waals surface area contributed by atoms with Crippen LogP contribution in [0.15, 0.2) is 47.2 Å². The van der Waals surface area contributed by atoms with Gasteiger partial charge in [0.25, 0.3) is 5.91 Å². The highest BCUT2D eigenvalue weighted by molar-refractivity contribution is 9.10. The summed E-state index contributed by atoms with van der Waals surface area (Å²) in [6, 6.07) is 9.41. The van der Waals surface area contributed by atoms with E-state index >= 15 is 0 Å². The van der Waals surface area contributed by atoms with E-state index in [0.717, 1.165) is 59.3 Å². The molecule has 4 rings (SSSR count). The summed E-state index contributed by atoms with van der Waals surface area (Å²) in [7, 11) is 0. The number of carboxylic acids is 1. The molecule has 0 fully saturated rings. The van der Waals surface area contributed by atoms with Crippen molar-refractivity contribution in [1.82, 2.24) is 20.1 Å². The van der Waals surface area contributed by atoms with Crippen molar-refractivity contribution < 1.29 is 14.7 Å². The van der Waals surface area contributed by atoms with E-state index in [9.17, 15) is 14.7 Å². The van der Waals surface area contributed by atoms with Crippen molar-refractivity contribution in [3.05, 3.63) is 75.1 Å². The highest BCUT2D eigenvalue weighted by Gasteiger charge is 2.23. The summed E-state index contributed by atoms with van der Waals surface area (Å²) in [5.74, 6) is -0.334.